The van der Waals surface area contributed by atoms with Crippen LogP contribution in [-0.2, 0) is 0 Å². The molecule has 0 aliphatic carbocycles. The molecule has 1 saturated heterocycles. The number of carbonyl (C=O) groups is 2. The van der Waals surface area contributed by atoms with Crippen molar-refractivity contribution in [2.75, 3.05) is 38.0 Å². The minimum atomic E-state index is -0.259. The van der Waals surface area contributed by atoms with E-state index in [-0.39, 0.29) is 11.8 Å². The van der Waals surface area contributed by atoms with Gasteiger partial charge < -0.3 is 15.1 Å². The molecule has 2 heterocycles. The molecule has 1 N–H and O–H groups in total. The topological polar surface area (TPSA) is 65.5 Å². The van der Waals surface area contributed by atoms with Gasteiger partial charge in [0.1, 0.15) is 0 Å². The Bertz CT molecular complexity index is 822. The molecule has 6 nitrogen and oxygen atoms in total. The van der Waals surface area contributed by atoms with Crippen LogP contribution >= 0.6 is 0 Å². The molecule has 0 unspecified atom stereocenters. The van der Waals surface area contributed by atoms with Crippen LogP contribution in [0, 0.1) is 13.8 Å². The van der Waals surface area contributed by atoms with E-state index in [0.717, 1.165) is 36.4 Å². The zero-order chi connectivity index (χ0) is 19.4. The van der Waals surface area contributed by atoms with Gasteiger partial charge in [-0.15, -0.1) is 0 Å². The summed E-state index contributed by atoms with van der Waals surface area (Å²) in [7, 11) is 0. The Hall–Kier alpha value is -2.73. The van der Waals surface area contributed by atoms with Gasteiger partial charge in [-0.3, -0.25) is 14.6 Å². The number of aryl methyl sites for hydroxylation is 2. The van der Waals surface area contributed by atoms with Gasteiger partial charge in [0.05, 0.1) is 11.1 Å². The monoisotopic (exact) mass is 366 g/mol. The molecule has 1 fully saturated rings. The van der Waals surface area contributed by atoms with Crippen LogP contribution in [0.1, 0.15) is 38.8 Å². The Balaban J connectivity index is 1.73. The number of carbonyl (C=O) groups excluding carboxylic acids is 2. The van der Waals surface area contributed by atoms with Gasteiger partial charge in [0.2, 0.25) is 0 Å². The van der Waals surface area contributed by atoms with E-state index in [9.17, 15) is 9.59 Å². The second-order valence-corrected chi connectivity index (χ2v) is 6.91. The molecule has 27 heavy (non-hydrogen) atoms. The number of aromatic nitrogens is 1. The van der Waals surface area contributed by atoms with Gasteiger partial charge in [-0.2, -0.15) is 0 Å². The standard InChI is InChI=1S/C21H26N4O2/c1-4-24-8-10-25(11-9-24)21(27)18-12-17(13-22-14-18)20(26)23-19-15(2)6-5-7-16(19)3/h5-7,12-14H,4,8-11H2,1-3H3,(H,23,26). The van der Waals surface area contributed by atoms with Gasteiger partial charge in [0, 0.05) is 44.3 Å². The zero-order valence-corrected chi connectivity index (χ0v) is 16.2. The van der Waals surface area contributed by atoms with E-state index >= 15 is 0 Å². The van der Waals surface area contributed by atoms with E-state index in [4.69, 9.17) is 0 Å². The predicted molar refractivity (Wildman–Crippen MR) is 106 cm³/mol. The number of hydrogen-bond acceptors (Lipinski definition) is 4. The van der Waals surface area contributed by atoms with Gasteiger partial charge in [-0.25, -0.2) is 0 Å². The van der Waals surface area contributed by atoms with Crippen molar-refractivity contribution in [3.05, 3.63) is 58.9 Å². The highest BCUT2D eigenvalue weighted by molar-refractivity contribution is 6.06. The number of pyridine rings is 1. The van der Waals surface area contributed by atoms with Gasteiger partial charge in [0.15, 0.2) is 0 Å². The van der Waals surface area contributed by atoms with Crippen LogP contribution in [-0.4, -0.2) is 59.3 Å². The summed E-state index contributed by atoms with van der Waals surface area (Å²) in [5, 5.41) is 2.94. The lowest BCUT2D eigenvalue weighted by Crippen LogP contribution is -2.48. The molecule has 3 rings (SSSR count). The summed E-state index contributed by atoms with van der Waals surface area (Å²) >= 11 is 0. The number of likely N-dealkylation sites (N-methyl/N-ethyl adjacent to an activating group) is 1. The maximum atomic E-state index is 12.8. The molecule has 0 spiro atoms. The third-order valence-corrected chi connectivity index (χ3v) is 5.07. The van der Waals surface area contributed by atoms with Gasteiger partial charge in [0.25, 0.3) is 11.8 Å². The Morgan fingerprint density at radius 2 is 1.67 bits per heavy atom. The molecule has 2 aromatic rings. The number of nitrogens with zero attached hydrogens (tertiary/aromatic N) is 3. The third kappa shape index (κ3) is 4.34. The molecule has 0 atom stereocenters. The van der Waals surface area contributed by atoms with Crippen LogP contribution in [0.25, 0.3) is 0 Å². The molecule has 1 aromatic heterocycles. The van der Waals surface area contributed by atoms with E-state index in [1.807, 2.05) is 36.9 Å². The average Bonchev–Trinajstić information content (AvgIpc) is 2.70. The quantitative estimate of drug-likeness (QED) is 0.904. The van der Waals surface area contributed by atoms with E-state index in [0.29, 0.717) is 24.2 Å². The second-order valence-electron chi connectivity index (χ2n) is 6.91. The van der Waals surface area contributed by atoms with Crippen molar-refractivity contribution in [2.45, 2.75) is 20.8 Å². The Morgan fingerprint density at radius 3 is 2.30 bits per heavy atom. The summed E-state index contributed by atoms with van der Waals surface area (Å²) in [6.07, 6.45) is 3.03. The number of anilines is 1. The summed E-state index contributed by atoms with van der Waals surface area (Å²) in [6.45, 7) is 10.2. The SMILES string of the molecule is CCN1CCN(C(=O)c2cncc(C(=O)Nc3c(C)cccc3C)c2)CC1. The number of nitrogens with one attached hydrogen (secondary N) is 1. The molecule has 1 aliphatic heterocycles. The maximum absolute atomic E-state index is 12.8. The minimum absolute atomic E-state index is 0.0695. The van der Waals surface area contributed by atoms with Gasteiger partial charge in [-0.05, 0) is 37.6 Å². The van der Waals surface area contributed by atoms with Gasteiger partial charge >= 0.3 is 0 Å². The predicted octanol–water partition coefficient (Wildman–Crippen LogP) is 2.73. The number of rotatable bonds is 4. The molecule has 6 heteroatoms. The van der Waals surface area contributed by atoms with E-state index in [2.05, 4.69) is 22.1 Å². The molecule has 142 valence electrons. The molecule has 0 bridgehead atoms. The van der Waals surface area contributed by atoms with Crippen molar-refractivity contribution in [1.82, 2.24) is 14.8 Å². The summed E-state index contributed by atoms with van der Waals surface area (Å²) < 4.78 is 0. The van der Waals surface area contributed by atoms with Gasteiger partial charge in [-0.1, -0.05) is 25.1 Å². The summed E-state index contributed by atoms with van der Waals surface area (Å²) in [4.78, 5) is 33.7. The molecule has 1 aliphatic rings. The van der Waals surface area contributed by atoms with Crippen molar-refractivity contribution >= 4 is 17.5 Å². The van der Waals surface area contributed by atoms with Crippen LogP contribution in [0.5, 0.6) is 0 Å². The lowest BCUT2D eigenvalue weighted by atomic mass is 10.1. The number of para-hydroxylation sites is 1. The second kappa shape index (κ2) is 8.31. The van der Waals surface area contributed by atoms with Crippen molar-refractivity contribution in [2.24, 2.45) is 0 Å². The van der Waals surface area contributed by atoms with Crippen LogP contribution in [0.3, 0.4) is 0 Å². The Kier molecular flexibility index (Phi) is 5.86. The Morgan fingerprint density at radius 1 is 1.04 bits per heavy atom. The van der Waals surface area contributed by atoms with Crippen LogP contribution < -0.4 is 5.32 Å². The third-order valence-electron chi connectivity index (χ3n) is 5.07. The van der Waals surface area contributed by atoms with Crippen LogP contribution in [0.4, 0.5) is 5.69 Å². The van der Waals surface area contributed by atoms with Crippen molar-refractivity contribution < 1.29 is 9.59 Å². The Labute approximate surface area is 160 Å². The van der Waals surface area contributed by atoms with E-state index < -0.39 is 0 Å². The molecule has 1 aromatic carbocycles. The first kappa shape index (κ1) is 19.0. The summed E-state index contributed by atoms with van der Waals surface area (Å²) in [5.41, 5.74) is 3.63. The van der Waals surface area contributed by atoms with Crippen LogP contribution in [0.15, 0.2) is 36.7 Å². The molecule has 0 saturated carbocycles. The minimum Gasteiger partial charge on any atom is -0.336 e. The van der Waals surface area contributed by atoms with Crippen molar-refractivity contribution in [3.8, 4) is 0 Å². The highest BCUT2D eigenvalue weighted by atomic mass is 16.2. The molecular formula is C21H26N4O2. The fourth-order valence-electron chi connectivity index (χ4n) is 3.33. The number of amides is 2. The average molecular weight is 366 g/mol. The lowest BCUT2D eigenvalue weighted by molar-refractivity contribution is 0.0643. The first-order chi connectivity index (χ1) is 13.0. The van der Waals surface area contributed by atoms with Crippen molar-refractivity contribution in [1.29, 1.82) is 0 Å². The highest BCUT2D eigenvalue weighted by Crippen LogP contribution is 2.20. The first-order valence-electron chi connectivity index (χ1n) is 9.34. The fourth-order valence-corrected chi connectivity index (χ4v) is 3.33. The summed E-state index contributed by atoms with van der Waals surface area (Å²) in [6, 6.07) is 7.50. The zero-order valence-electron chi connectivity index (χ0n) is 16.2. The number of hydrogen-bond donors (Lipinski definition) is 1. The van der Waals surface area contributed by atoms with Crippen molar-refractivity contribution in [3.63, 3.8) is 0 Å². The number of piperazine rings is 1. The van der Waals surface area contributed by atoms with E-state index in [1.165, 1.54) is 12.4 Å². The summed E-state index contributed by atoms with van der Waals surface area (Å²) in [5.74, 6) is -0.328. The maximum Gasteiger partial charge on any atom is 0.257 e. The number of benzene rings is 1. The highest BCUT2D eigenvalue weighted by Gasteiger charge is 2.22. The van der Waals surface area contributed by atoms with E-state index in [1.54, 1.807) is 6.07 Å². The molecular weight excluding hydrogens is 340 g/mol. The smallest absolute Gasteiger partial charge is 0.257 e. The normalized spacial score (nSPS) is 14.9. The largest absolute Gasteiger partial charge is 0.336 e. The molecule has 0 radical (unpaired) electrons. The lowest BCUT2D eigenvalue weighted by Gasteiger charge is -2.34. The first-order valence-corrected chi connectivity index (χ1v) is 9.34. The fraction of sp³-hybridized carbons (Fsp3) is 0.381. The van der Waals surface area contributed by atoms with Crippen LogP contribution in [0.2, 0.25) is 0 Å². The molecule has 2 amide bonds.